The van der Waals surface area contributed by atoms with Crippen LogP contribution in [0.25, 0.3) is 0 Å². The Balaban J connectivity index is 1.72. The van der Waals surface area contributed by atoms with Crippen molar-refractivity contribution >= 4 is 34.8 Å². The summed E-state index contributed by atoms with van der Waals surface area (Å²) < 4.78 is 10.4. The molecule has 144 valence electrons. The molecule has 0 aliphatic rings. The van der Waals surface area contributed by atoms with Gasteiger partial charge in [0.25, 0.3) is 5.91 Å². The van der Waals surface area contributed by atoms with E-state index in [9.17, 15) is 4.79 Å². The third kappa shape index (κ3) is 4.50. The Labute approximate surface area is 167 Å². The number of rotatable bonds is 6. The van der Waals surface area contributed by atoms with Gasteiger partial charge in [0.15, 0.2) is 11.6 Å². The number of anilines is 3. The number of nitrogens with one attached hydrogen (secondary N) is 2. The molecule has 0 bridgehead atoms. The third-order valence-corrected chi connectivity index (χ3v) is 4.46. The minimum atomic E-state index is -0.349. The molecule has 0 saturated heterocycles. The van der Waals surface area contributed by atoms with Crippen molar-refractivity contribution in [2.75, 3.05) is 24.9 Å². The molecule has 0 aliphatic carbocycles. The van der Waals surface area contributed by atoms with Crippen LogP contribution in [-0.2, 0) is 0 Å². The molecule has 0 unspecified atom stereocenters. The lowest BCUT2D eigenvalue weighted by Gasteiger charge is -2.10. The van der Waals surface area contributed by atoms with Gasteiger partial charge in [-0.05, 0) is 48.9 Å². The van der Waals surface area contributed by atoms with E-state index in [0.717, 1.165) is 11.3 Å². The maximum absolute atomic E-state index is 12.5. The first-order chi connectivity index (χ1) is 13.5. The summed E-state index contributed by atoms with van der Waals surface area (Å²) in [6, 6.07) is 13.9. The first kappa shape index (κ1) is 19.4. The summed E-state index contributed by atoms with van der Waals surface area (Å²) in [5.74, 6) is 1.54. The van der Waals surface area contributed by atoms with E-state index in [0.29, 0.717) is 33.7 Å². The number of aromatic nitrogens is 2. The van der Waals surface area contributed by atoms with Gasteiger partial charge in [0.2, 0.25) is 0 Å². The van der Waals surface area contributed by atoms with Crippen LogP contribution in [0.3, 0.4) is 0 Å². The number of hydrogen-bond donors (Lipinski definition) is 2. The van der Waals surface area contributed by atoms with Crippen LogP contribution in [0.4, 0.5) is 17.3 Å². The summed E-state index contributed by atoms with van der Waals surface area (Å²) in [5, 5.41) is 14.6. The van der Waals surface area contributed by atoms with Crippen LogP contribution < -0.4 is 20.1 Å². The number of hydrogen-bond acceptors (Lipinski definition) is 6. The topological polar surface area (TPSA) is 85.4 Å². The number of carbonyl (C=O) groups excluding carboxylic acids is 1. The summed E-state index contributed by atoms with van der Waals surface area (Å²) in [5.41, 5.74) is 2.13. The van der Waals surface area contributed by atoms with E-state index < -0.39 is 0 Å². The predicted molar refractivity (Wildman–Crippen MR) is 109 cm³/mol. The van der Waals surface area contributed by atoms with Gasteiger partial charge in [-0.3, -0.25) is 4.79 Å². The average molecular weight is 399 g/mol. The van der Waals surface area contributed by atoms with E-state index >= 15 is 0 Å². The van der Waals surface area contributed by atoms with Crippen molar-refractivity contribution in [3.63, 3.8) is 0 Å². The quantitative estimate of drug-likeness (QED) is 0.638. The third-order valence-electron chi connectivity index (χ3n) is 4.05. The van der Waals surface area contributed by atoms with Gasteiger partial charge in [0.1, 0.15) is 11.5 Å². The molecule has 0 radical (unpaired) electrons. The Hall–Kier alpha value is -3.32. The second-order valence-electron chi connectivity index (χ2n) is 5.90. The molecular weight excluding hydrogens is 380 g/mol. The van der Waals surface area contributed by atoms with Gasteiger partial charge in [-0.2, -0.15) is 0 Å². The molecule has 0 aliphatic heterocycles. The van der Waals surface area contributed by atoms with Crippen molar-refractivity contribution in [1.29, 1.82) is 0 Å². The Bertz CT molecular complexity index is 971. The molecule has 1 aromatic heterocycles. The van der Waals surface area contributed by atoms with Crippen LogP contribution in [0.5, 0.6) is 11.5 Å². The van der Waals surface area contributed by atoms with Crippen molar-refractivity contribution in [3.8, 4) is 11.5 Å². The second kappa shape index (κ2) is 8.58. The van der Waals surface area contributed by atoms with Gasteiger partial charge in [0, 0.05) is 22.3 Å². The molecule has 0 atom stereocenters. The molecule has 1 heterocycles. The fourth-order valence-electron chi connectivity index (χ4n) is 2.47. The summed E-state index contributed by atoms with van der Waals surface area (Å²) in [4.78, 5) is 12.5. The maximum Gasteiger partial charge on any atom is 0.257 e. The van der Waals surface area contributed by atoms with Gasteiger partial charge < -0.3 is 20.1 Å². The summed E-state index contributed by atoms with van der Waals surface area (Å²) in [7, 11) is 3.05. The molecule has 3 rings (SSSR count). The number of amides is 1. The normalized spacial score (nSPS) is 10.3. The molecular formula is C20H19ClN4O3. The first-order valence-corrected chi connectivity index (χ1v) is 8.78. The number of ether oxygens (including phenoxy) is 2. The fraction of sp³-hybridized carbons (Fsp3) is 0.150. The van der Waals surface area contributed by atoms with Gasteiger partial charge in [-0.25, -0.2) is 0 Å². The summed E-state index contributed by atoms with van der Waals surface area (Å²) in [6.07, 6.45) is 0. The van der Waals surface area contributed by atoms with Crippen molar-refractivity contribution in [2.45, 2.75) is 6.92 Å². The molecule has 0 saturated carbocycles. The Kier molecular flexibility index (Phi) is 5.96. The lowest BCUT2D eigenvalue weighted by atomic mass is 10.2. The molecule has 0 spiro atoms. The molecule has 1 amide bonds. The SMILES string of the molecule is COc1cc(OC)cc(C(=O)Nc2ccc(Nc3cccc(Cl)c3C)nn2)c1. The zero-order valence-corrected chi connectivity index (χ0v) is 16.4. The van der Waals surface area contributed by atoms with Crippen molar-refractivity contribution in [1.82, 2.24) is 10.2 Å². The van der Waals surface area contributed by atoms with Gasteiger partial charge in [-0.15, -0.1) is 10.2 Å². The van der Waals surface area contributed by atoms with Crippen LogP contribution in [0.1, 0.15) is 15.9 Å². The molecule has 7 nitrogen and oxygen atoms in total. The molecule has 2 N–H and O–H groups in total. The molecule has 2 aromatic carbocycles. The van der Waals surface area contributed by atoms with Gasteiger partial charge >= 0.3 is 0 Å². The average Bonchev–Trinajstić information content (AvgIpc) is 2.72. The van der Waals surface area contributed by atoms with Crippen LogP contribution >= 0.6 is 11.6 Å². The Morgan fingerprint density at radius 1 is 0.964 bits per heavy atom. The highest BCUT2D eigenvalue weighted by Gasteiger charge is 2.11. The Morgan fingerprint density at radius 3 is 2.21 bits per heavy atom. The van der Waals surface area contributed by atoms with Crippen molar-refractivity contribution < 1.29 is 14.3 Å². The van der Waals surface area contributed by atoms with E-state index in [-0.39, 0.29) is 5.91 Å². The second-order valence-corrected chi connectivity index (χ2v) is 6.30. The highest BCUT2D eigenvalue weighted by atomic mass is 35.5. The van der Waals surface area contributed by atoms with E-state index in [2.05, 4.69) is 20.8 Å². The van der Waals surface area contributed by atoms with E-state index in [1.807, 2.05) is 25.1 Å². The summed E-state index contributed by atoms with van der Waals surface area (Å²) in [6.45, 7) is 1.91. The Morgan fingerprint density at radius 2 is 1.61 bits per heavy atom. The van der Waals surface area contributed by atoms with Crippen LogP contribution in [0.2, 0.25) is 5.02 Å². The lowest BCUT2D eigenvalue weighted by Crippen LogP contribution is -2.14. The predicted octanol–water partition coefficient (Wildman–Crippen LogP) is 4.45. The minimum Gasteiger partial charge on any atom is -0.497 e. The number of benzene rings is 2. The van der Waals surface area contributed by atoms with Crippen molar-refractivity contribution in [3.05, 3.63) is 64.7 Å². The van der Waals surface area contributed by atoms with Crippen molar-refractivity contribution in [2.24, 2.45) is 0 Å². The minimum absolute atomic E-state index is 0.320. The first-order valence-electron chi connectivity index (χ1n) is 8.40. The van der Waals surface area contributed by atoms with Crippen LogP contribution in [0, 0.1) is 6.92 Å². The van der Waals surface area contributed by atoms with Crippen LogP contribution in [-0.4, -0.2) is 30.3 Å². The standard InChI is InChI=1S/C20H19ClN4O3/c1-12-16(21)5-4-6-17(12)22-18-7-8-19(25-24-18)23-20(26)13-9-14(27-2)11-15(10-13)28-3/h4-11H,1-3H3,(H,22,24)(H,23,25,26). The van der Waals surface area contributed by atoms with Crippen LogP contribution in [0.15, 0.2) is 48.5 Å². The molecule has 8 heteroatoms. The van der Waals surface area contributed by atoms with E-state index in [1.165, 1.54) is 14.2 Å². The number of nitrogens with zero attached hydrogens (tertiary/aromatic N) is 2. The zero-order valence-electron chi connectivity index (χ0n) is 15.6. The maximum atomic E-state index is 12.5. The fourth-order valence-corrected chi connectivity index (χ4v) is 2.65. The van der Waals surface area contributed by atoms with Gasteiger partial charge in [0.05, 0.1) is 14.2 Å². The van der Waals surface area contributed by atoms with Gasteiger partial charge in [-0.1, -0.05) is 17.7 Å². The lowest BCUT2D eigenvalue weighted by molar-refractivity contribution is 0.102. The molecule has 0 fully saturated rings. The highest BCUT2D eigenvalue weighted by Crippen LogP contribution is 2.26. The number of halogens is 1. The largest absolute Gasteiger partial charge is 0.497 e. The number of methoxy groups -OCH3 is 2. The molecule has 3 aromatic rings. The van der Waals surface area contributed by atoms with E-state index in [4.69, 9.17) is 21.1 Å². The smallest absolute Gasteiger partial charge is 0.257 e. The number of carbonyl (C=O) groups is 1. The highest BCUT2D eigenvalue weighted by molar-refractivity contribution is 6.31. The summed E-state index contributed by atoms with van der Waals surface area (Å²) >= 11 is 6.12. The monoisotopic (exact) mass is 398 g/mol. The zero-order chi connectivity index (χ0) is 20.1. The molecule has 28 heavy (non-hydrogen) atoms. The van der Waals surface area contributed by atoms with E-state index in [1.54, 1.807) is 30.3 Å².